The number of benzene rings is 1. The van der Waals surface area contributed by atoms with Gasteiger partial charge >= 0.3 is 0 Å². The first kappa shape index (κ1) is 16.1. The lowest BCUT2D eigenvalue weighted by Gasteiger charge is -2.16. The monoisotopic (exact) mass is 339 g/mol. The Morgan fingerprint density at radius 1 is 1.24 bits per heavy atom. The van der Waals surface area contributed by atoms with Gasteiger partial charge in [-0.1, -0.05) is 12.1 Å². The second-order valence-electron chi connectivity index (χ2n) is 7.44. The Bertz CT molecular complexity index is 803. The maximum absolute atomic E-state index is 5.95. The molecule has 0 saturated heterocycles. The van der Waals surface area contributed by atoms with Crippen LogP contribution in [0.4, 0.5) is 11.8 Å². The van der Waals surface area contributed by atoms with Gasteiger partial charge in [-0.15, -0.1) is 0 Å². The largest absolute Gasteiger partial charge is 0.487 e. The highest BCUT2D eigenvalue weighted by atomic mass is 16.5. The van der Waals surface area contributed by atoms with E-state index in [4.69, 9.17) is 10.5 Å². The molecule has 0 radical (unpaired) electrons. The summed E-state index contributed by atoms with van der Waals surface area (Å²) >= 11 is 0. The predicted molar refractivity (Wildman–Crippen MR) is 98.9 cm³/mol. The molecule has 0 bridgehead atoms. The average Bonchev–Trinajstić information content (AvgIpc) is 2.70. The van der Waals surface area contributed by atoms with Crippen molar-refractivity contribution in [3.05, 3.63) is 40.6 Å². The lowest BCUT2D eigenvalue weighted by Crippen LogP contribution is -2.24. The number of anilines is 2. The number of hydrogen-bond acceptors (Lipinski definition) is 6. The number of ether oxygens (including phenoxy) is 1. The molecule has 2 aliphatic heterocycles. The fraction of sp³-hybridized carbons (Fsp3) is 0.474. The van der Waals surface area contributed by atoms with E-state index in [-0.39, 0.29) is 5.60 Å². The SMILES string of the molecule is CC1(C)Cc2cc(CNc3nc(N)nc4c3CCNCC4)ccc2O1. The van der Waals surface area contributed by atoms with Crippen LogP contribution >= 0.6 is 0 Å². The molecule has 0 atom stereocenters. The van der Waals surface area contributed by atoms with Crippen molar-refractivity contribution in [1.29, 1.82) is 0 Å². The van der Waals surface area contributed by atoms with E-state index in [1.54, 1.807) is 0 Å². The molecule has 0 saturated carbocycles. The predicted octanol–water partition coefficient (Wildman–Crippen LogP) is 2.07. The maximum Gasteiger partial charge on any atom is 0.222 e. The summed E-state index contributed by atoms with van der Waals surface area (Å²) in [5, 5.41) is 6.87. The highest BCUT2D eigenvalue weighted by Crippen LogP contribution is 2.35. The molecule has 2 aliphatic rings. The van der Waals surface area contributed by atoms with Crippen LogP contribution in [-0.2, 0) is 25.8 Å². The van der Waals surface area contributed by atoms with Gasteiger partial charge in [0.15, 0.2) is 0 Å². The lowest BCUT2D eigenvalue weighted by atomic mass is 10.0. The number of fused-ring (bicyclic) bond motifs is 2. The molecular weight excluding hydrogens is 314 g/mol. The molecule has 3 heterocycles. The summed E-state index contributed by atoms with van der Waals surface area (Å²) in [6.07, 6.45) is 2.75. The van der Waals surface area contributed by atoms with Gasteiger partial charge in [-0.25, -0.2) is 4.98 Å². The molecule has 6 heteroatoms. The number of nitrogens with zero attached hydrogens (tertiary/aromatic N) is 2. The second-order valence-corrected chi connectivity index (χ2v) is 7.44. The van der Waals surface area contributed by atoms with E-state index in [9.17, 15) is 0 Å². The Kier molecular flexibility index (Phi) is 4.00. The van der Waals surface area contributed by atoms with Crippen molar-refractivity contribution in [3.63, 3.8) is 0 Å². The third-order valence-electron chi connectivity index (χ3n) is 4.79. The number of hydrogen-bond donors (Lipinski definition) is 3. The number of nitrogens with one attached hydrogen (secondary N) is 2. The third kappa shape index (κ3) is 3.39. The molecular formula is C19H25N5O. The summed E-state index contributed by atoms with van der Waals surface area (Å²) in [6, 6.07) is 6.40. The van der Waals surface area contributed by atoms with E-state index in [1.165, 1.54) is 16.7 Å². The Morgan fingerprint density at radius 2 is 2.08 bits per heavy atom. The number of nitrogen functional groups attached to an aromatic ring is 1. The van der Waals surface area contributed by atoms with Gasteiger partial charge in [0, 0.05) is 31.5 Å². The molecule has 6 nitrogen and oxygen atoms in total. The van der Waals surface area contributed by atoms with Crippen LogP contribution in [0.15, 0.2) is 18.2 Å². The minimum absolute atomic E-state index is 0.111. The van der Waals surface area contributed by atoms with Crippen LogP contribution in [0.25, 0.3) is 0 Å². The zero-order chi connectivity index (χ0) is 17.4. The third-order valence-corrected chi connectivity index (χ3v) is 4.79. The van der Waals surface area contributed by atoms with Crippen molar-refractivity contribution < 1.29 is 4.74 Å². The summed E-state index contributed by atoms with van der Waals surface area (Å²) < 4.78 is 5.95. The molecule has 0 fully saturated rings. The van der Waals surface area contributed by atoms with Crippen LogP contribution in [0.5, 0.6) is 5.75 Å². The van der Waals surface area contributed by atoms with E-state index < -0.39 is 0 Å². The Morgan fingerprint density at radius 3 is 2.96 bits per heavy atom. The summed E-state index contributed by atoms with van der Waals surface area (Å²) in [5.41, 5.74) is 10.5. The molecule has 25 heavy (non-hydrogen) atoms. The highest BCUT2D eigenvalue weighted by Gasteiger charge is 2.29. The van der Waals surface area contributed by atoms with Gasteiger partial charge in [-0.3, -0.25) is 0 Å². The first-order chi connectivity index (χ1) is 12.0. The zero-order valence-corrected chi connectivity index (χ0v) is 14.9. The number of aromatic nitrogens is 2. The molecule has 0 spiro atoms. The van der Waals surface area contributed by atoms with Gasteiger partial charge in [-0.05, 0) is 44.0 Å². The fourth-order valence-electron chi connectivity index (χ4n) is 3.67. The standard InChI is InChI=1S/C19H25N5O/c1-19(2)10-13-9-12(3-4-16(13)25-19)11-22-17-14-5-7-21-8-6-15(14)23-18(20)24-17/h3-4,9,21H,5-8,10-11H2,1-2H3,(H3,20,22,23,24). The number of rotatable bonds is 3. The summed E-state index contributed by atoms with van der Waals surface area (Å²) in [7, 11) is 0. The minimum Gasteiger partial charge on any atom is -0.487 e. The molecule has 132 valence electrons. The molecule has 0 aliphatic carbocycles. The molecule has 1 aromatic carbocycles. The fourth-order valence-corrected chi connectivity index (χ4v) is 3.67. The highest BCUT2D eigenvalue weighted by molar-refractivity contribution is 5.51. The van der Waals surface area contributed by atoms with Crippen LogP contribution in [-0.4, -0.2) is 28.7 Å². The van der Waals surface area contributed by atoms with Gasteiger partial charge in [0.25, 0.3) is 0 Å². The van der Waals surface area contributed by atoms with Crippen molar-refractivity contribution in [2.45, 2.75) is 45.3 Å². The van der Waals surface area contributed by atoms with Crippen molar-refractivity contribution in [3.8, 4) is 5.75 Å². The van der Waals surface area contributed by atoms with Gasteiger partial charge in [0.05, 0.1) is 5.69 Å². The molecule has 1 aromatic heterocycles. The van der Waals surface area contributed by atoms with Gasteiger partial charge in [-0.2, -0.15) is 4.98 Å². The van der Waals surface area contributed by atoms with Crippen LogP contribution < -0.4 is 21.1 Å². The number of nitrogens with two attached hydrogens (primary N) is 1. The lowest BCUT2D eigenvalue weighted by molar-refractivity contribution is 0.138. The normalized spacial score (nSPS) is 18.0. The summed E-state index contributed by atoms with van der Waals surface area (Å²) in [5.74, 6) is 2.20. The Hall–Kier alpha value is -2.34. The topological polar surface area (TPSA) is 85.1 Å². The van der Waals surface area contributed by atoms with Crippen LogP contribution in [0.2, 0.25) is 0 Å². The quantitative estimate of drug-likeness (QED) is 0.794. The maximum atomic E-state index is 5.95. The van der Waals surface area contributed by atoms with Crippen LogP contribution in [0.1, 0.15) is 36.2 Å². The summed E-state index contributed by atoms with van der Waals surface area (Å²) in [6.45, 7) is 6.84. The van der Waals surface area contributed by atoms with Gasteiger partial charge < -0.3 is 21.1 Å². The Balaban J connectivity index is 1.54. The van der Waals surface area contributed by atoms with E-state index >= 15 is 0 Å². The van der Waals surface area contributed by atoms with Crippen molar-refractivity contribution in [2.24, 2.45) is 0 Å². The van der Waals surface area contributed by atoms with E-state index in [2.05, 4.69) is 52.6 Å². The van der Waals surface area contributed by atoms with Crippen molar-refractivity contribution >= 4 is 11.8 Å². The van der Waals surface area contributed by atoms with Crippen LogP contribution in [0.3, 0.4) is 0 Å². The zero-order valence-electron chi connectivity index (χ0n) is 14.9. The van der Waals surface area contributed by atoms with Crippen molar-refractivity contribution in [1.82, 2.24) is 15.3 Å². The molecule has 4 N–H and O–H groups in total. The van der Waals surface area contributed by atoms with E-state index in [0.717, 1.165) is 49.6 Å². The van der Waals surface area contributed by atoms with Crippen molar-refractivity contribution in [2.75, 3.05) is 24.1 Å². The molecule has 0 unspecified atom stereocenters. The first-order valence-corrected chi connectivity index (χ1v) is 8.91. The molecule has 2 aromatic rings. The molecule has 0 amide bonds. The summed E-state index contributed by atoms with van der Waals surface area (Å²) in [4.78, 5) is 8.86. The van der Waals surface area contributed by atoms with Gasteiger partial charge in [0.1, 0.15) is 17.2 Å². The van der Waals surface area contributed by atoms with E-state index in [0.29, 0.717) is 12.5 Å². The smallest absolute Gasteiger partial charge is 0.222 e. The first-order valence-electron chi connectivity index (χ1n) is 8.91. The Labute approximate surface area is 148 Å². The van der Waals surface area contributed by atoms with Crippen LogP contribution in [0, 0.1) is 0 Å². The second kappa shape index (κ2) is 6.19. The molecule has 4 rings (SSSR count). The van der Waals surface area contributed by atoms with E-state index in [1.807, 2.05) is 0 Å². The van der Waals surface area contributed by atoms with Gasteiger partial charge in [0.2, 0.25) is 5.95 Å². The minimum atomic E-state index is -0.111. The average molecular weight is 339 g/mol.